The van der Waals surface area contributed by atoms with Gasteiger partial charge < -0.3 is 14.7 Å². The molecule has 1 aliphatic heterocycles. The van der Waals surface area contributed by atoms with E-state index in [-0.39, 0.29) is 17.8 Å². The summed E-state index contributed by atoms with van der Waals surface area (Å²) in [7, 11) is 0. The van der Waals surface area contributed by atoms with Crippen LogP contribution in [0.3, 0.4) is 0 Å². The first kappa shape index (κ1) is 16.7. The number of carbonyl (C=O) groups excluding carboxylic acids is 1. The Hall–Kier alpha value is -1.62. The van der Waals surface area contributed by atoms with Gasteiger partial charge in [-0.1, -0.05) is 12.1 Å². The van der Waals surface area contributed by atoms with E-state index >= 15 is 0 Å². The highest BCUT2D eigenvalue weighted by atomic mass is 19.1. The van der Waals surface area contributed by atoms with Crippen LogP contribution in [0.15, 0.2) is 24.3 Å². The predicted octanol–water partition coefficient (Wildman–Crippen LogP) is 3.51. The fraction of sp³-hybridized carbons (Fsp3) is 0.588. The summed E-state index contributed by atoms with van der Waals surface area (Å²) in [6.45, 7) is 6.53. The number of likely N-dealkylation sites (tertiary alicyclic amines) is 1. The molecule has 1 aromatic rings. The first-order valence-corrected chi connectivity index (χ1v) is 7.68. The highest BCUT2D eigenvalue weighted by molar-refractivity contribution is 5.68. The Kier molecular flexibility index (Phi) is 5.06. The number of nitrogens with zero attached hydrogens (tertiary/aromatic N) is 1. The number of benzene rings is 1. The molecule has 22 heavy (non-hydrogen) atoms. The zero-order chi connectivity index (χ0) is 16.3. The van der Waals surface area contributed by atoms with Crippen LogP contribution in [0.4, 0.5) is 9.18 Å². The molecule has 2 atom stereocenters. The number of rotatable bonds is 2. The van der Waals surface area contributed by atoms with Gasteiger partial charge in [-0.3, -0.25) is 0 Å². The van der Waals surface area contributed by atoms with E-state index in [1.165, 1.54) is 12.1 Å². The molecule has 1 fully saturated rings. The van der Waals surface area contributed by atoms with Gasteiger partial charge in [0, 0.05) is 19.0 Å². The molecular weight excluding hydrogens is 285 g/mol. The number of halogens is 1. The lowest BCUT2D eigenvalue weighted by Crippen LogP contribution is -2.44. The fourth-order valence-corrected chi connectivity index (χ4v) is 2.72. The maximum absolute atomic E-state index is 13.3. The summed E-state index contributed by atoms with van der Waals surface area (Å²) in [6, 6.07) is 5.99. The van der Waals surface area contributed by atoms with Crippen LogP contribution < -0.4 is 0 Å². The average Bonchev–Trinajstić information content (AvgIpc) is 2.45. The summed E-state index contributed by atoms with van der Waals surface area (Å²) in [6.07, 6.45) is 0.470. The van der Waals surface area contributed by atoms with Crippen molar-refractivity contribution in [2.24, 2.45) is 5.92 Å². The second kappa shape index (κ2) is 6.65. The number of piperidine rings is 1. The predicted molar refractivity (Wildman–Crippen MR) is 81.9 cm³/mol. The normalized spacial score (nSPS) is 20.6. The fourth-order valence-electron chi connectivity index (χ4n) is 2.72. The molecule has 0 radical (unpaired) electrons. The van der Waals surface area contributed by atoms with Crippen molar-refractivity contribution >= 4 is 6.09 Å². The molecule has 1 aromatic carbocycles. The van der Waals surface area contributed by atoms with Gasteiger partial charge in [0.25, 0.3) is 0 Å². The lowest BCUT2D eigenvalue weighted by molar-refractivity contribution is 0.00234. The highest BCUT2D eigenvalue weighted by Crippen LogP contribution is 2.30. The van der Waals surface area contributed by atoms with Crippen LogP contribution in [-0.2, 0) is 4.74 Å². The lowest BCUT2D eigenvalue weighted by Gasteiger charge is -2.36. The number of hydrogen-bond acceptors (Lipinski definition) is 3. The third-order valence-corrected chi connectivity index (χ3v) is 3.75. The quantitative estimate of drug-likeness (QED) is 0.909. The van der Waals surface area contributed by atoms with Crippen LogP contribution in [0.1, 0.15) is 45.3 Å². The molecule has 2 rings (SSSR count). The zero-order valence-electron chi connectivity index (χ0n) is 13.4. The van der Waals surface area contributed by atoms with Crippen molar-refractivity contribution in [1.29, 1.82) is 0 Å². The van der Waals surface area contributed by atoms with Crippen molar-refractivity contribution < 1.29 is 19.0 Å². The van der Waals surface area contributed by atoms with Gasteiger partial charge in [0.05, 0.1) is 6.10 Å². The number of aliphatic hydroxyl groups is 1. The molecular formula is C17H24FNO3. The Balaban J connectivity index is 2.02. The van der Waals surface area contributed by atoms with E-state index in [0.717, 1.165) is 12.8 Å². The summed E-state index contributed by atoms with van der Waals surface area (Å²) in [5.74, 6) is -0.473. The Labute approximate surface area is 130 Å². The topological polar surface area (TPSA) is 49.8 Å². The number of hydrogen-bond donors (Lipinski definition) is 1. The van der Waals surface area contributed by atoms with Crippen molar-refractivity contribution in [3.05, 3.63) is 35.6 Å². The van der Waals surface area contributed by atoms with E-state index < -0.39 is 11.7 Å². The second-order valence-corrected chi connectivity index (χ2v) is 6.83. The number of ether oxygens (including phenoxy) is 1. The Morgan fingerprint density at radius 3 is 2.82 bits per heavy atom. The van der Waals surface area contributed by atoms with Gasteiger partial charge in [-0.15, -0.1) is 0 Å². The van der Waals surface area contributed by atoms with Gasteiger partial charge in [-0.05, 0) is 51.3 Å². The standard InChI is InChI=1S/C17H24FNO3/c1-17(2,3)22-16(21)19-9-5-7-13(11-19)15(20)12-6-4-8-14(18)10-12/h4,6,8,10,13,15,20H,5,7,9,11H2,1-3H3/t13?,15-/m0/s1. The molecule has 0 aliphatic carbocycles. The van der Waals surface area contributed by atoms with Crippen molar-refractivity contribution in [2.75, 3.05) is 13.1 Å². The summed E-state index contributed by atoms with van der Waals surface area (Å²) in [4.78, 5) is 13.8. The molecule has 0 aromatic heterocycles. The Morgan fingerprint density at radius 1 is 1.45 bits per heavy atom. The molecule has 122 valence electrons. The zero-order valence-corrected chi connectivity index (χ0v) is 13.4. The van der Waals surface area contributed by atoms with Crippen molar-refractivity contribution in [2.45, 2.75) is 45.3 Å². The summed E-state index contributed by atoms with van der Waals surface area (Å²) >= 11 is 0. The lowest BCUT2D eigenvalue weighted by atomic mass is 9.88. The van der Waals surface area contributed by atoms with E-state index in [2.05, 4.69) is 0 Å². The van der Waals surface area contributed by atoms with Crippen molar-refractivity contribution in [3.8, 4) is 0 Å². The third kappa shape index (κ3) is 4.44. The summed E-state index contributed by atoms with van der Waals surface area (Å²) in [5, 5.41) is 10.5. The summed E-state index contributed by atoms with van der Waals surface area (Å²) in [5.41, 5.74) is 0.0154. The van der Waals surface area contributed by atoms with Crippen LogP contribution in [0.25, 0.3) is 0 Å². The van der Waals surface area contributed by atoms with Crippen LogP contribution in [0, 0.1) is 11.7 Å². The Morgan fingerprint density at radius 2 is 2.18 bits per heavy atom. The highest BCUT2D eigenvalue weighted by Gasteiger charge is 2.31. The monoisotopic (exact) mass is 309 g/mol. The minimum atomic E-state index is -0.777. The third-order valence-electron chi connectivity index (χ3n) is 3.75. The molecule has 0 spiro atoms. The molecule has 1 heterocycles. The van der Waals surface area contributed by atoms with Crippen molar-refractivity contribution in [1.82, 2.24) is 4.90 Å². The van der Waals surface area contributed by atoms with Gasteiger partial charge in [0.2, 0.25) is 0 Å². The molecule has 0 bridgehead atoms. The molecule has 1 unspecified atom stereocenters. The van der Waals surface area contributed by atoms with E-state index in [1.807, 2.05) is 20.8 Å². The largest absolute Gasteiger partial charge is 0.444 e. The number of aliphatic hydroxyl groups excluding tert-OH is 1. The Bertz CT molecular complexity index is 527. The molecule has 0 saturated carbocycles. The van der Waals surface area contributed by atoms with E-state index in [9.17, 15) is 14.3 Å². The van der Waals surface area contributed by atoms with E-state index in [1.54, 1.807) is 17.0 Å². The van der Waals surface area contributed by atoms with E-state index in [0.29, 0.717) is 18.7 Å². The maximum Gasteiger partial charge on any atom is 0.410 e. The molecule has 4 nitrogen and oxygen atoms in total. The first-order chi connectivity index (χ1) is 10.3. The smallest absolute Gasteiger partial charge is 0.410 e. The minimum Gasteiger partial charge on any atom is -0.444 e. The van der Waals surface area contributed by atoms with Crippen LogP contribution in [0.5, 0.6) is 0 Å². The van der Waals surface area contributed by atoms with Gasteiger partial charge in [0.1, 0.15) is 11.4 Å². The van der Waals surface area contributed by atoms with Gasteiger partial charge in [-0.25, -0.2) is 9.18 Å². The molecule has 1 amide bonds. The first-order valence-electron chi connectivity index (χ1n) is 7.68. The maximum atomic E-state index is 13.3. The van der Waals surface area contributed by atoms with Gasteiger partial charge in [0.15, 0.2) is 0 Å². The minimum absolute atomic E-state index is 0.108. The molecule has 5 heteroatoms. The van der Waals surface area contributed by atoms with E-state index in [4.69, 9.17) is 4.74 Å². The second-order valence-electron chi connectivity index (χ2n) is 6.83. The molecule has 1 N–H and O–H groups in total. The molecule has 1 aliphatic rings. The molecule has 1 saturated heterocycles. The average molecular weight is 309 g/mol. The van der Waals surface area contributed by atoms with Gasteiger partial charge >= 0.3 is 6.09 Å². The van der Waals surface area contributed by atoms with Crippen LogP contribution >= 0.6 is 0 Å². The van der Waals surface area contributed by atoms with Crippen LogP contribution in [-0.4, -0.2) is 34.8 Å². The van der Waals surface area contributed by atoms with Crippen molar-refractivity contribution in [3.63, 3.8) is 0 Å². The van der Waals surface area contributed by atoms with Gasteiger partial charge in [-0.2, -0.15) is 0 Å². The number of carbonyl (C=O) groups is 1. The summed E-state index contributed by atoms with van der Waals surface area (Å²) < 4.78 is 18.7. The SMILES string of the molecule is CC(C)(C)OC(=O)N1CCCC([C@@H](O)c2cccc(F)c2)C1. The van der Waals surface area contributed by atoms with Crippen LogP contribution in [0.2, 0.25) is 0 Å². The number of amides is 1.